The van der Waals surface area contributed by atoms with Crippen molar-refractivity contribution in [1.29, 1.82) is 0 Å². The lowest BCUT2D eigenvalue weighted by atomic mass is 9.54. The zero-order valence-corrected chi connectivity index (χ0v) is 74.8. The molecular formula is C92H116ClN13O26. The molecule has 0 unspecified atom stereocenters. The SMILES string of the molecule is CCNCCOc1ccc(OCCNCC)c(NC(=O)NC(=O)C[C@@H]2NC(=O)[C@H](NC(=O)[C@@H](CC(C)C)NC)[C@H](O)c3ccc(c(C)c3)Oc3cc4cc(c3O[C@@H]3O[C@H](CO)[C@@H](O)[C@H](O)[C@H]3O[C@H]3C[C@](C)(N)[C@H](O)[C@H](C)O3)Oc3ccc(cc3Cl)[C@@H](O)[C@@H]3NC(=O)[C@H](NC(=O)[C@@H]4NC2=O)c2ccc(O)c(c2)-c2c(O)cc(O)cc2[C@@H](C(=O)NC2C4CC5CC(C4)CC2C5)NC3=O)c1. The number of likely N-dealkylation sites (N-methyl/N-ethyl adjacent to an activating group) is 3. The number of urea groups is 1. The summed E-state index contributed by atoms with van der Waals surface area (Å²) in [5.41, 5.74) is 3.23. The number of amides is 10. The van der Waals surface area contributed by atoms with Gasteiger partial charge in [-0.3, -0.25) is 43.7 Å². The van der Waals surface area contributed by atoms with Crippen LogP contribution in [0.5, 0.6) is 57.5 Å². The molecule has 0 aromatic heterocycles. The molecule has 132 heavy (non-hydrogen) atoms. The molecule has 17 rings (SSSR count). The van der Waals surface area contributed by atoms with Gasteiger partial charge in [-0.05, 0) is 209 Å². The number of carbonyl (C=O) groups is 9. The third-order valence-corrected chi connectivity index (χ3v) is 25.9. The number of hydrogen-bond acceptors (Lipinski definition) is 30. The van der Waals surface area contributed by atoms with Crippen molar-refractivity contribution >= 4 is 70.6 Å². The van der Waals surface area contributed by atoms with Crippen LogP contribution in [-0.4, -0.2) is 237 Å². The Bertz CT molecular complexity index is 5270. The number of fused-ring (bicyclic) bond motifs is 15. The molecule has 0 radical (unpaired) electrons. The smallest absolute Gasteiger partial charge is 0.325 e. The molecule has 40 heteroatoms. The van der Waals surface area contributed by atoms with Crippen molar-refractivity contribution < 1.29 is 127 Å². The number of aryl methyl sites for hydroxylation is 1. The molecule has 4 saturated carbocycles. The molecule has 15 bridgehead atoms. The Hall–Kier alpha value is -11.3. The normalized spacial score (nSPS) is 29.3. The van der Waals surface area contributed by atoms with Crippen LogP contribution in [0.25, 0.3) is 11.1 Å². The zero-order valence-electron chi connectivity index (χ0n) is 74.0. The van der Waals surface area contributed by atoms with Crippen LogP contribution in [0, 0.1) is 36.5 Å². The molecule has 6 aromatic carbocycles. The van der Waals surface area contributed by atoms with E-state index in [-0.39, 0.29) is 111 Å². The van der Waals surface area contributed by atoms with Crippen LogP contribution >= 0.6 is 11.6 Å². The van der Waals surface area contributed by atoms with Crippen molar-refractivity contribution in [2.24, 2.45) is 35.3 Å². The number of hydrogen-bond donors (Lipinski definition) is 22. The van der Waals surface area contributed by atoms with Gasteiger partial charge in [-0.25, -0.2) is 4.79 Å². The van der Waals surface area contributed by atoms with E-state index in [4.69, 9.17) is 55.2 Å². The zero-order chi connectivity index (χ0) is 94.6. The minimum absolute atomic E-state index is 0.00212. The highest BCUT2D eigenvalue weighted by molar-refractivity contribution is 6.32. The minimum Gasteiger partial charge on any atom is -0.508 e. The number of benzene rings is 6. The van der Waals surface area contributed by atoms with Gasteiger partial charge in [-0.1, -0.05) is 57.5 Å². The Kier molecular flexibility index (Phi) is 30.4. The van der Waals surface area contributed by atoms with Gasteiger partial charge in [0.05, 0.1) is 42.0 Å². The molecule has 6 fully saturated rings. The Morgan fingerprint density at radius 1 is 0.667 bits per heavy atom. The molecule has 0 spiro atoms. The number of imide groups is 1. The minimum atomic E-state index is -2.42. The fraction of sp³-hybridized carbons (Fsp3) is 0.511. The molecule has 4 aliphatic carbocycles. The topological polar surface area (TPSA) is 580 Å². The Morgan fingerprint density at radius 3 is 1.96 bits per heavy atom. The van der Waals surface area contributed by atoms with E-state index >= 15 is 33.6 Å². The van der Waals surface area contributed by atoms with Crippen LogP contribution in [-0.2, 0) is 52.6 Å². The van der Waals surface area contributed by atoms with Crippen LogP contribution in [0.2, 0.25) is 5.02 Å². The Labute approximate surface area is 765 Å². The number of nitrogens with one attached hydrogen (secondary N) is 12. The predicted octanol–water partition coefficient (Wildman–Crippen LogP) is 3.46. The summed E-state index contributed by atoms with van der Waals surface area (Å²) in [5.74, 6) is -12.9. The van der Waals surface area contributed by atoms with Gasteiger partial charge in [0, 0.05) is 54.4 Å². The monoisotopic (exact) mass is 1850 g/mol. The molecule has 6 aromatic rings. The number of phenols is 3. The van der Waals surface area contributed by atoms with Gasteiger partial charge in [0.15, 0.2) is 23.9 Å². The highest BCUT2D eigenvalue weighted by Gasteiger charge is 2.53. The molecule has 712 valence electrons. The molecule has 7 aliphatic heterocycles. The van der Waals surface area contributed by atoms with Gasteiger partial charge in [-0.2, -0.15) is 0 Å². The van der Waals surface area contributed by atoms with Crippen LogP contribution in [0.1, 0.15) is 157 Å². The van der Waals surface area contributed by atoms with E-state index in [0.717, 1.165) is 80.6 Å². The molecule has 2 saturated heterocycles. The average Bonchev–Trinajstić information content (AvgIpc) is 0.751. The molecule has 7 heterocycles. The first kappa shape index (κ1) is 96.8. The molecular weight excluding hydrogens is 1740 g/mol. The van der Waals surface area contributed by atoms with E-state index in [0.29, 0.717) is 38.0 Å². The maximum Gasteiger partial charge on any atom is 0.325 e. The third kappa shape index (κ3) is 21.6. The van der Waals surface area contributed by atoms with Crippen molar-refractivity contribution in [3.05, 3.63) is 135 Å². The lowest BCUT2D eigenvalue weighted by Gasteiger charge is -2.54. The maximum atomic E-state index is 16.8. The van der Waals surface area contributed by atoms with Crippen molar-refractivity contribution in [1.82, 2.24) is 58.5 Å². The number of aromatic hydroxyl groups is 3. The summed E-state index contributed by atoms with van der Waals surface area (Å²) in [4.78, 5) is 141. The number of halogens is 1. The van der Waals surface area contributed by atoms with Crippen LogP contribution in [0.4, 0.5) is 10.5 Å². The van der Waals surface area contributed by atoms with Gasteiger partial charge < -0.3 is 148 Å². The largest absolute Gasteiger partial charge is 0.508 e. The summed E-state index contributed by atoms with van der Waals surface area (Å²) in [6, 6.07) is 3.76. The summed E-state index contributed by atoms with van der Waals surface area (Å²) in [7, 11) is 1.49. The van der Waals surface area contributed by atoms with Crippen molar-refractivity contribution in [2.75, 3.05) is 58.4 Å². The van der Waals surface area contributed by atoms with E-state index in [2.05, 4.69) is 63.8 Å². The van der Waals surface area contributed by atoms with Crippen LogP contribution < -0.4 is 93.2 Å². The van der Waals surface area contributed by atoms with Gasteiger partial charge in [0.1, 0.15) is 120 Å². The van der Waals surface area contributed by atoms with Crippen molar-refractivity contribution in [2.45, 2.75) is 215 Å². The van der Waals surface area contributed by atoms with Gasteiger partial charge in [0.2, 0.25) is 59.3 Å². The molecule has 18 atom stereocenters. The summed E-state index contributed by atoms with van der Waals surface area (Å²) < 4.78 is 51.5. The number of aliphatic hydroxyl groups is 6. The second-order valence-electron chi connectivity index (χ2n) is 35.8. The van der Waals surface area contributed by atoms with E-state index in [9.17, 15) is 55.5 Å². The molecule has 11 aliphatic rings. The number of anilines is 1. The van der Waals surface area contributed by atoms with Gasteiger partial charge in [-0.15, -0.1) is 0 Å². The highest BCUT2D eigenvalue weighted by Crippen LogP contribution is 2.55. The third-order valence-electron chi connectivity index (χ3n) is 25.6. The number of carbonyl (C=O) groups excluding carboxylic acids is 9. The van der Waals surface area contributed by atoms with E-state index in [1.807, 2.05) is 27.7 Å². The first-order valence-corrected chi connectivity index (χ1v) is 44.8. The number of aliphatic hydroxyl groups excluding tert-OH is 6. The number of nitrogens with two attached hydrogens (primary N) is 1. The van der Waals surface area contributed by atoms with Crippen LogP contribution in [0.15, 0.2) is 97.1 Å². The highest BCUT2D eigenvalue weighted by atomic mass is 35.5. The average molecular weight is 1860 g/mol. The van der Waals surface area contributed by atoms with Crippen molar-refractivity contribution in [3.8, 4) is 68.6 Å². The van der Waals surface area contributed by atoms with E-state index in [1.54, 1.807) is 6.07 Å². The lowest BCUT2D eigenvalue weighted by molar-refractivity contribution is -0.333. The maximum absolute atomic E-state index is 16.8. The Morgan fingerprint density at radius 2 is 1.31 bits per heavy atom. The molecule has 23 N–H and O–H groups in total. The number of rotatable bonds is 25. The van der Waals surface area contributed by atoms with E-state index < -0.39 is 227 Å². The number of phenolic OH excluding ortho intramolecular Hbond substituents is 3. The fourth-order valence-corrected chi connectivity index (χ4v) is 19.3. The van der Waals surface area contributed by atoms with Gasteiger partial charge in [0.25, 0.3) is 0 Å². The molecule has 39 nitrogen and oxygen atoms in total. The molecule has 10 amide bonds. The lowest BCUT2D eigenvalue weighted by Crippen LogP contribution is -2.64. The second kappa shape index (κ2) is 41.5. The predicted molar refractivity (Wildman–Crippen MR) is 473 cm³/mol. The van der Waals surface area contributed by atoms with Crippen molar-refractivity contribution in [3.63, 3.8) is 0 Å². The first-order chi connectivity index (χ1) is 63.0. The quantitative estimate of drug-likeness (QED) is 0.0365. The van der Waals surface area contributed by atoms with E-state index in [1.165, 1.54) is 70.3 Å². The summed E-state index contributed by atoms with van der Waals surface area (Å²) in [6.07, 6.45) is -14.5. The van der Waals surface area contributed by atoms with Gasteiger partial charge >= 0.3 is 6.03 Å². The number of ether oxygens (including phenoxy) is 8. The van der Waals surface area contributed by atoms with Crippen LogP contribution in [0.3, 0.4) is 0 Å². The Balaban J connectivity index is 0.952. The second-order valence-corrected chi connectivity index (χ2v) is 36.2. The summed E-state index contributed by atoms with van der Waals surface area (Å²) in [5, 5.41) is 140. The summed E-state index contributed by atoms with van der Waals surface area (Å²) in [6.45, 7) is 13.4. The fourth-order valence-electron chi connectivity index (χ4n) is 19.1. The standard InChI is InChI=1S/C92H116ClN13O26/c1-9-96-19-21-125-52-14-18-63(126-22-20-97-10-2)56(36-52)99-91(124)100-67(111)37-58-84(118)102-72-50-32-64(128-61-16-12-46(24-41(61)5)76(112)74(88(122)98-58)105-83(117)57(95-8)23-40(3)4)80(132-90-81(79(115)78(114)66(39-107)130-90)131-68-38-92(7,94)82(116)42(6)127-68)65(33-50)129-62-17-13-47(31-55(62)93)77(113)75-89(123)104-73(87(121)101-70-48-26-43-25-44(28-48)29-49(70)27-43)54-34-51(108)35-60(110)69(54)53-30-45(11-15-59(53)109)71(85(119)106-75)103-86(72)120/h11-18,24,30-36,40,42-44,48-49,57-58,66,68,70-79,81-82,90,95-97,107-110,112-116H,9-10,19-23,25-29,37-39,94H2,1-8H3,(H,98,122)(H,101,121)(H,102,118)(H,103,120)(H,104,123)(H,105,117)(H,106,119)(H2,99,100,111,124)/t42-,43?,44?,48?,49?,57+,58-,66+,68-,70?,71+,72+,73-,74+,75-,76+,77+,78+,79-,81+,82+,90-,92-/m0/s1. The summed E-state index contributed by atoms with van der Waals surface area (Å²) >= 11 is 7.33. The first-order valence-electron chi connectivity index (χ1n) is 44.5.